The molecule has 0 bridgehead atoms. The van der Waals surface area contributed by atoms with Crippen molar-refractivity contribution in [2.75, 3.05) is 21.3 Å². The summed E-state index contributed by atoms with van der Waals surface area (Å²) < 4.78 is 70.3. The summed E-state index contributed by atoms with van der Waals surface area (Å²) in [6.07, 6.45) is 8.58. The Labute approximate surface area is 171 Å². The highest BCUT2D eigenvalue weighted by molar-refractivity contribution is 5.21. The molecule has 0 aromatic heterocycles. The number of hydrogen-bond acceptors (Lipinski definition) is 3. The molecule has 0 spiro atoms. The van der Waals surface area contributed by atoms with Crippen molar-refractivity contribution < 1.29 is 31.8 Å². The average Bonchev–Trinajstić information content (AvgIpc) is 2.73. The summed E-state index contributed by atoms with van der Waals surface area (Å²) in [4.78, 5) is 0. The highest BCUT2D eigenvalue weighted by Gasteiger charge is 2.39. The van der Waals surface area contributed by atoms with Crippen LogP contribution in [0.1, 0.15) is 70.3 Å². The highest BCUT2D eigenvalue weighted by atomic mass is 19.2. The van der Waals surface area contributed by atoms with Crippen molar-refractivity contribution in [2.45, 2.75) is 77.1 Å². The van der Waals surface area contributed by atoms with Crippen LogP contribution in [0.2, 0.25) is 0 Å². The minimum atomic E-state index is -1.79. The normalized spacial score (nSPS) is 13.1. The minimum Gasteiger partial charge on any atom is -0.331 e. The molecule has 1 atom stereocenters. The molecule has 0 aliphatic rings. The fourth-order valence-electron chi connectivity index (χ4n) is 3.76. The summed E-state index contributed by atoms with van der Waals surface area (Å²) in [5, 5.41) is 0. The molecule has 0 radical (unpaired) electrons. The lowest BCUT2D eigenvalue weighted by Crippen LogP contribution is -2.44. The molecule has 1 aromatic carbocycles. The zero-order chi connectivity index (χ0) is 21.9. The second-order valence-electron chi connectivity index (χ2n) is 7.32. The van der Waals surface area contributed by atoms with Crippen molar-refractivity contribution >= 4 is 0 Å². The van der Waals surface area contributed by atoms with Crippen molar-refractivity contribution in [3.63, 3.8) is 0 Å². The molecule has 3 nitrogen and oxygen atoms in total. The fourth-order valence-corrected chi connectivity index (χ4v) is 3.76. The number of hydrogen-bond donors (Lipinski definition) is 0. The van der Waals surface area contributed by atoms with Crippen molar-refractivity contribution in [3.05, 3.63) is 34.9 Å². The van der Waals surface area contributed by atoms with Gasteiger partial charge in [-0.15, -0.1) is 0 Å². The lowest BCUT2D eigenvalue weighted by Gasteiger charge is -2.36. The van der Waals surface area contributed by atoms with Gasteiger partial charge in [0.25, 0.3) is 5.97 Å². The maximum absolute atomic E-state index is 13.9. The van der Waals surface area contributed by atoms with E-state index in [0.717, 1.165) is 25.7 Å². The van der Waals surface area contributed by atoms with Crippen LogP contribution in [0.25, 0.3) is 0 Å². The Kier molecular flexibility index (Phi) is 11.8. The molecule has 1 rings (SSSR count). The largest absolute Gasteiger partial charge is 0.331 e. The van der Waals surface area contributed by atoms with Crippen LogP contribution in [0.3, 0.4) is 0 Å². The molecule has 0 aliphatic carbocycles. The third kappa shape index (κ3) is 7.23. The molecule has 168 valence electrons. The van der Waals surface area contributed by atoms with Gasteiger partial charge in [0.1, 0.15) is 0 Å². The van der Waals surface area contributed by atoms with Gasteiger partial charge in [-0.2, -0.15) is 0 Å². The van der Waals surface area contributed by atoms with Gasteiger partial charge < -0.3 is 14.2 Å². The van der Waals surface area contributed by atoms with E-state index in [2.05, 4.69) is 6.92 Å². The van der Waals surface area contributed by atoms with Gasteiger partial charge in [0.2, 0.25) is 0 Å². The molecule has 0 amide bonds. The summed E-state index contributed by atoms with van der Waals surface area (Å²) in [6, 6.07) is 0.715. The summed E-state index contributed by atoms with van der Waals surface area (Å²) in [7, 11) is 4.48. The predicted molar refractivity (Wildman–Crippen MR) is 104 cm³/mol. The van der Waals surface area contributed by atoms with Crippen molar-refractivity contribution in [2.24, 2.45) is 5.92 Å². The summed E-state index contributed by atoms with van der Waals surface area (Å²) in [6.45, 7) is 2.17. The molecule has 0 saturated heterocycles. The van der Waals surface area contributed by atoms with Gasteiger partial charge in [0.15, 0.2) is 23.3 Å². The van der Waals surface area contributed by atoms with Gasteiger partial charge in [0, 0.05) is 27.2 Å². The van der Waals surface area contributed by atoms with Crippen molar-refractivity contribution in [3.8, 4) is 0 Å². The van der Waals surface area contributed by atoms with E-state index in [-0.39, 0.29) is 17.9 Å². The van der Waals surface area contributed by atoms with Crippen LogP contribution in [-0.2, 0) is 20.6 Å². The van der Waals surface area contributed by atoms with E-state index in [4.69, 9.17) is 14.2 Å². The van der Waals surface area contributed by atoms with E-state index >= 15 is 0 Å². The lowest BCUT2D eigenvalue weighted by molar-refractivity contribution is -0.380. The van der Waals surface area contributed by atoms with Gasteiger partial charge in [-0.3, -0.25) is 0 Å². The van der Waals surface area contributed by atoms with E-state index in [1.807, 2.05) is 0 Å². The Hall–Kier alpha value is -1.18. The standard InChI is InChI=1S/C22H34F4O3/c1-5-6-7-8-9-10-13-17(22(27-2,28-3)29-4)14-11-12-16-15-18(23)20(25)21(26)19(16)24/h15,17H,5-14H2,1-4H3. The first-order valence-corrected chi connectivity index (χ1v) is 10.3. The molecule has 0 N–H and O–H groups in total. The van der Waals surface area contributed by atoms with Crippen LogP contribution >= 0.6 is 0 Å². The van der Waals surface area contributed by atoms with Crippen molar-refractivity contribution in [1.82, 2.24) is 0 Å². The van der Waals surface area contributed by atoms with Gasteiger partial charge in [0.05, 0.1) is 0 Å². The Bertz CT molecular complexity index is 598. The van der Waals surface area contributed by atoms with Crippen LogP contribution < -0.4 is 0 Å². The van der Waals surface area contributed by atoms with Crippen LogP contribution in [0, 0.1) is 29.2 Å². The lowest BCUT2D eigenvalue weighted by atomic mass is 9.91. The third-order valence-electron chi connectivity index (χ3n) is 5.44. The Morgan fingerprint density at radius 2 is 1.31 bits per heavy atom. The van der Waals surface area contributed by atoms with Gasteiger partial charge >= 0.3 is 0 Å². The first-order chi connectivity index (χ1) is 13.9. The van der Waals surface area contributed by atoms with Gasteiger partial charge in [-0.1, -0.05) is 45.4 Å². The summed E-state index contributed by atoms with van der Waals surface area (Å²) >= 11 is 0. The Morgan fingerprint density at radius 1 is 0.759 bits per heavy atom. The number of halogens is 4. The third-order valence-corrected chi connectivity index (χ3v) is 5.44. The maximum atomic E-state index is 13.9. The molecule has 29 heavy (non-hydrogen) atoms. The Morgan fingerprint density at radius 3 is 1.90 bits per heavy atom. The topological polar surface area (TPSA) is 27.7 Å². The second-order valence-corrected chi connectivity index (χ2v) is 7.32. The smallest absolute Gasteiger partial charge is 0.285 e. The molecule has 1 unspecified atom stereocenters. The average molecular weight is 423 g/mol. The van der Waals surface area contributed by atoms with Crippen LogP contribution in [0.15, 0.2) is 6.07 Å². The van der Waals surface area contributed by atoms with E-state index in [1.165, 1.54) is 40.6 Å². The van der Waals surface area contributed by atoms with Crippen LogP contribution in [-0.4, -0.2) is 27.3 Å². The van der Waals surface area contributed by atoms with Crippen LogP contribution in [0.5, 0.6) is 0 Å². The van der Waals surface area contributed by atoms with E-state index in [0.29, 0.717) is 18.9 Å². The zero-order valence-corrected chi connectivity index (χ0v) is 18.0. The molecule has 0 saturated carbocycles. The number of aryl methyl sites for hydroxylation is 1. The number of unbranched alkanes of at least 4 members (excludes halogenated alkanes) is 5. The SMILES string of the molecule is CCCCCCCCC(CCCc1cc(F)c(F)c(F)c1F)C(OC)(OC)OC. The molecule has 0 aliphatic heterocycles. The summed E-state index contributed by atoms with van der Waals surface area (Å²) in [5.74, 6) is -7.67. The first-order valence-electron chi connectivity index (χ1n) is 10.3. The van der Waals surface area contributed by atoms with Gasteiger partial charge in [-0.25, -0.2) is 17.6 Å². The molecule has 0 fully saturated rings. The molecule has 0 heterocycles. The molecular weight excluding hydrogens is 388 g/mol. The van der Waals surface area contributed by atoms with E-state index < -0.39 is 29.2 Å². The quantitative estimate of drug-likeness (QED) is 0.106. The van der Waals surface area contributed by atoms with Gasteiger partial charge in [-0.05, 0) is 37.3 Å². The highest BCUT2D eigenvalue weighted by Crippen LogP contribution is 2.33. The molecule has 1 aromatic rings. The number of rotatable bonds is 15. The van der Waals surface area contributed by atoms with Crippen LogP contribution in [0.4, 0.5) is 17.6 Å². The second kappa shape index (κ2) is 13.2. The summed E-state index contributed by atoms with van der Waals surface area (Å²) in [5.41, 5.74) is -0.183. The first kappa shape index (κ1) is 25.9. The zero-order valence-electron chi connectivity index (χ0n) is 18.0. The van der Waals surface area contributed by atoms with E-state index in [9.17, 15) is 17.6 Å². The Balaban J connectivity index is 2.74. The fraction of sp³-hybridized carbons (Fsp3) is 0.727. The van der Waals surface area contributed by atoms with Crippen molar-refractivity contribution in [1.29, 1.82) is 0 Å². The monoisotopic (exact) mass is 422 g/mol. The molecule has 7 heteroatoms. The number of benzene rings is 1. The molecular formula is C22H34F4O3. The number of methoxy groups -OCH3 is 3. The minimum absolute atomic E-state index is 0.0696. The van der Waals surface area contributed by atoms with E-state index in [1.54, 1.807) is 0 Å². The number of ether oxygens (including phenoxy) is 3. The maximum Gasteiger partial charge on any atom is 0.285 e. The predicted octanol–water partition coefficient (Wildman–Crippen LogP) is 6.53.